The molecule has 11 heteroatoms. The van der Waals surface area contributed by atoms with Crippen molar-refractivity contribution < 1.29 is 50.1 Å². The lowest BCUT2D eigenvalue weighted by Gasteiger charge is -2.25. The molecule has 0 rings (SSSR count). The van der Waals surface area contributed by atoms with Gasteiger partial charge in [-0.15, -0.1) is 0 Å². The lowest BCUT2D eigenvalue weighted by atomic mass is 10.0. The molecule has 0 aliphatic carbocycles. The molecule has 0 heterocycles. The monoisotopic (exact) mass is 325 g/mol. The Labute approximate surface area is 124 Å². The summed E-state index contributed by atoms with van der Waals surface area (Å²) in [5.74, 6) is -4.22. The maximum atomic E-state index is 11.6. The maximum absolute atomic E-state index is 11.6. The van der Waals surface area contributed by atoms with Crippen LogP contribution >= 0.6 is 0 Å². The van der Waals surface area contributed by atoms with E-state index in [1.807, 2.05) is 0 Å². The Kier molecular flexibility index (Phi) is 8.52. The maximum Gasteiger partial charge on any atom is 0.326 e. The van der Waals surface area contributed by atoms with Crippen LogP contribution in [0.1, 0.15) is 12.8 Å². The molecule has 8 N–H and O–H groups in total. The summed E-state index contributed by atoms with van der Waals surface area (Å²) in [6, 6.07) is -1.62. The smallest absolute Gasteiger partial charge is 0.326 e. The second kappa shape index (κ2) is 9.27. The van der Waals surface area contributed by atoms with Gasteiger partial charge in [0.25, 0.3) is 5.91 Å². The van der Waals surface area contributed by atoms with Gasteiger partial charge < -0.3 is 41.1 Å². The summed E-state index contributed by atoms with van der Waals surface area (Å²) in [7, 11) is 0. The van der Waals surface area contributed by atoms with Gasteiger partial charge in [-0.25, -0.2) is 4.79 Å². The average Bonchev–Trinajstić information content (AvgIpc) is 2.47. The minimum absolute atomic E-state index is 0.457. The van der Waals surface area contributed by atoms with Crippen LogP contribution in [0.25, 0.3) is 0 Å². The summed E-state index contributed by atoms with van der Waals surface area (Å²) < 4.78 is 0. The number of aliphatic hydroxyl groups is 5. The first kappa shape index (κ1) is 20.2. The molecule has 0 bridgehead atoms. The minimum atomic E-state index is -2.29. The number of aliphatic carboxylic acids is 2. The first-order valence-electron chi connectivity index (χ1n) is 6.19. The second-order valence-electron chi connectivity index (χ2n) is 4.51. The van der Waals surface area contributed by atoms with Crippen LogP contribution in [0.2, 0.25) is 0 Å². The summed E-state index contributed by atoms with van der Waals surface area (Å²) in [4.78, 5) is 32.8. The van der Waals surface area contributed by atoms with Gasteiger partial charge in [-0.3, -0.25) is 9.59 Å². The van der Waals surface area contributed by atoms with E-state index in [0.29, 0.717) is 0 Å². The van der Waals surface area contributed by atoms with E-state index in [1.165, 1.54) is 0 Å². The highest BCUT2D eigenvalue weighted by Crippen LogP contribution is 2.07. The van der Waals surface area contributed by atoms with Crippen LogP contribution in [-0.4, -0.2) is 90.7 Å². The van der Waals surface area contributed by atoms with Crippen molar-refractivity contribution in [3.05, 3.63) is 0 Å². The number of carboxylic acids is 2. The van der Waals surface area contributed by atoms with E-state index in [0.717, 1.165) is 0 Å². The molecule has 128 valence electrons. The Hall–Kier alpha value is -1.79. The van der Waals surface area contributed by atoms with Gasteiger partial charge in [-0.05, 0) is 6.42 Å². The van der Waals surface area contributed by atoms with Crippen LogP contribution in [0.3, 0.4) is 0 Å². The van der Waals surface area contributed by atoms with E-state index in [9.17, 15) is 29.7 Å². The lowest BCUT2D eigenvalue weighted by Crippen LogP contribution is -2.54. The zero-order chi connectivity index (χ0) is 17.4. The number of nitrogens with one attached hydrogen (secondary N) is 1. The van der Waals surface area contributed by atoms with Crippen molar-refractivity contribution in [2.24, 2.45) is 0 Å². The number of rotatable bonds is 10. The molecule has 0 fully saturated rings. The Morgan fingerprint density at radius 2 is 1.50 bits per heavy atom. The quantitative estimate of drug-likeness (QED) is 0.194. The first-order chi connectivity index (χ1) is 10.1. The molecule has 0 aromatic heterocycles. The van der Waals surface area contributed by atoms with Crippen molar-refractivity contribution in [1.82, 2.24) is 5.32 Å². The van der Waals surface area contributed by atoms with Crippen LogP contribution in [0.15, 0.2) is 0 Å². The summed E-state index contributed by atoms with van der Waals surface area (Å²) in [6.07, 6.45) is -9.35. The zero-order valence-corrected chi connectivity index (χ0v) is 11.4. The van der Waals surface area contributed by atoms with Crippen molar-refractivity contribution in [2.45, 2.75) is 43.3 Å². The molecule has 0 aliphatic rings. The van der Waals surface area contributed by atoms with Gasteiger partial charge >= 0.3 is 11.9 Å². The van der Waals surface area contributed by atoms with Crippen molar-refractivity contribution in [3.63, 3.8) is 0 Å². The van der Waals surface area contributed by atoms with Crippen LogP contribution in [0, 0.1) is 0 Å². The SMILES string of the molecule is O=C(O)CCC(NC(=O)C(O)C(O)C(O)C(O)CO)C(=O)O. The largest absolute Gasteiger partial charge is 0.481 e. The number of aliphatic hydroxyl groups excluding tert-OH is 5. The van der Waals surface area contributed by atoms with Gasteiger partial charge in [0.1, 0.15) is 24.4 Å². The van der Waals surface area contributed by atoms with E-state index in [-0.39, 0.29) is 0 Å². The van der Waals surface area contributed by atoms with Gasteiger partial charge in [0.15, 0.2) is 6.10 Å². The Bertz CT molecular complexity index is 400. The molecule has 0 spiro atoms. The fraction of sp³-hybridized carbons (Fsp3) is 0.727. The second-order valence-corrected chi connectivity index (χ2v) is 4.51. The predicted octanol–water partition coefficient (Wildman–Crippen LogP) is -4.14. The molecule has 0 aliphatic heterocycles. The third-order valence-corrected chi connectivity index (χ3v) is 2.78. The van der Waals surface area contributed by atoms with Crippen molar-refractivity contribution in [3.8, 4) is 0 Å². The highest BCUT2D eigenvalue weighted by atomic mass is 16.4. The normalized spacial score (nSPS) is 17.9. The van der Waals surface area contributed by atoms with Crippen molar-refractivity contribution >= 4 is 17.8 Å². The highest BCUT2D eigenvalue weighted by Gasteiger charge is 2.35. The van der Waals surface area contributed by atoms with Crippen LogP contribution in [0.5, 0.6) is 0 Å². The van der Waals surface area contributed by atoms with E-state index in [2.05, 4.69) is 0 Å². The topological polar surface area (TPSA) is 205 Å². The van der Waals surface area contributed by atoms with Gasteiger partial charge in [0.2, 0.25) is 0 Å². The number of carboxylic acid groups (broad SMARTS) is 2. The number of hydrogen-bond acceptors (Lipinski definition) is 8. The third kappa shape index (κ3) is 6.32. The molecule has 1 amide bonds. The number of hydrogen-bond donors (Lipinski definition) is 8. The lowest BCUT2D eigenvalue weighted by molar-refractivity contribution is -0.153. The molecule has 0 saturated carbocycles. The molecule has 22 heavy (non-hydrogen) atoms. The minimum Gasteiger partial charge on any atom is -0.481 e. The molecule has 11 nitrogen and oxygen atoms in total. The number of amides is 1. The summed E-state index contributed by atoms with van der Waals surface area (Å²) in [5.41, 5.74) is 0. The van der Waals surface area contributed by atoms with Crippen LogP contribution in [0.4, 0.5) is 0 Å². The molecule has 0 radical (unpaired) electrons. The molecule has 5 unspecified atom stereocenters. The number of carbonyl (C=O) groups is 3. The van der Waals surface area contributed by atoms with Gasteiger partial charge in [0.05, 0.1) is 6.61 Å². The predicted molar refractivity (Wildman–Crippen MR) is 67.5 cm³/mol. The summed E-state index contributed by atoms with van der Waals surface area (Å²) in [6.45, 7) is -0.942. The summed E-state index contributed by atoms with van der Waals surface area (Å²) >= 11 is 0. The molecule has 0 saturated heterocycles. The number of carbonyl (C=O) groups excluding carboxylic acids is 1. The average molecular weight is 325 g/mol. The van der Waals surface area contributed by atoms with Crippen LogP contribution < -0.4 is 5.32 Å². The fourth-order valence-electron chi connectivity index (χ4n) is 1.46. The Morgan fingerprint density at radius 3 is 1.91 bits per heavy atom. The van der Waals surface area contributed by atoms with E-state index in [1.54, 1.807) is 5.32 Å². The Balaban J connectivity index is 4.71. The highest BCUT2D eigenvalue weighted by molar-refractivity contribution is 5.86. The van der Waals surface area contributed by atoms with Crippen molar-refractivity contribution in [2.75, 3.05) is 6.61 Å². The van der Waals surface area contributed by atoms with E-state index >= 15 is 0 Å². The van der Waals surface area contributed by atoms with E-state index in [4.69, 9.17) is 20.4 Å². The first-order valence-corrected chi connectivity index (χ1v) is 6.19. The zero-order valence-electron chi connectivity index (χ0n) is 11.4. The Morgan fingerprint density at radius 1 is 0.955 bits per heavy atom. The molecule has 0 aromatic carbocycles. The van der Waals surface area contributed by atoms with Gasteiger partial charge in [-0.1, -0.05) is 0 Å². The molecule has 5 atom stereocenters. The van der Waals surface area contributed by atoms with Gasteiger partial charge in [-0.2, -0.15) is 0 Å². The van der Waals surface area contributed by atoms with E-state index < -0.39 is 67.8 Å². The summed E-state index contributed by atoms with van der Waals surface area (Å²) in [5, 5.41) is 65.0. The third-order valence-electron chi connectivity index (χ3n) is 2.78. The molecule has 0 aromatic rings. The van der Waals surface area contributed by atoms with Crippen LogP contribution in [-0.2, 0) is 14.4 Å². The fourth-order valence-corrected chi connectivity index (χ4v) is 1.46. The molecular weight excluding hydrogens is 306 g/mol. The standard InChI is InChI=1S/C11H19NO10/c13-3-5(14)7(17)8(18)9(19)10(20)12-4(11(21)22)1-2-6(15)16/h4-5,7-9,13-14,17-19H,1-3H2,(H,12,20)(H,15,16)(H,21,22). The molecular formula is C11H19NO10. The van der Waals surface area contributed by atoms with Gasteiger partial charge in [0, 0.05) is 6.42 Å². The van der Waals surface area contributed by atoms with Crippen molar-refractivity contribution in [1.29, 1.82) is 0 Å².